The lowest BCUT2D eigenvalue weighted by Crippen LogP contribution is -2.31. The molecule has 1 rings (SSSR count). The van der Waals surface area contributed by atoms with Crippen molar-refractivity contribution in [2.24, 2.45) is 0 Å². The normalized spacial score (nSPS) is 12.7. The molecule has 0 heterocycles. The average molecular weight is 332 g/mol. The second-order valence-electron chi connectivity index (χ2n) is 4.48. The number of rotatable bonds is 12. The zero-order valence-corrected chi connectivity index (χ0v) is 12.3. The van der Waals surface area contributed by atoms with Crippen molar-refractivity contribution in [3.8, 4) is 5.75 Å². The zero-order chi connectivity index (χ0) is 15.3. The fourth-order valence-electron chi connectivity index (χ4n) is 1.51. The molecular formula is C17H32O6. The average Bonchev–Trinajstić information content (AvgIpc) is 2.53. The predicted octanol–water partition coefficient (Wildman–Crippen LogP) is 1.74. The van der Waals surface area contributed by atoms with Crippen LogP contribution in [0.25, 0.3) is 0 Å². The van der Waals surface area contributed by atoms with Crippen molar-refractivity contribution in [2.45, 2.75) is 27.1 Å². The molecule has 0 aliphatic heterocycles. The Balaban J connectivity index is 0. The van der Waals surface area contributed by atoms with Gasteiger partial charge in [0.2, 0.25) is 0 Å². The van der Waals surface area contributed by atoms with E-state index in [-0.39, 0.29) is 41.3 Å². The minimum Gasteiger partial charge on any atom is -0.491 e. The second-order valence-corrected chi connectivity index (χ2v) is 4.48. The molecule has 6 heteroatoms. The first kappa shape index (κ1) is 24.1. The van der Waals surface area contributed by atoms with Crippen molar-refractivity contribution in [2.75, 3.05) is 46.8 Å². The summed E-state index contributed by atoms with van der Waals surface area (Å²) in [5, 5.41) is 18.9. The van der Waals surface area contributed by atoms with Crippen LogP contribution in [0.2, 0.25) is 0 Å². The van der Waals surface area contributed by atoms with Crippen molar-refractivity contribution in [1.29, 1.82) is 0 Å². The lowest BCUT2D eigenvalue weighted by Gasteiger charge is -2.18. The molecule has 0 aromatic heterocycles. The fourth-order valence-corrected chi connectivity index (χ4v) is 1.51. The molecule has 0 amide bonds. The molecule has 6 nitrogen and oxygen atoms in total. The Bertz CT molecular complexity index is 346. The molecule has 136 valence electrons. The third-order valence-corrected chi connectivity index (χ3v) is 2.65. The van der Waals surface area contributed by atoms with E-state index in [0.29, 0.717) is 19.0 Å². The summed E-state index contributed by atoms with van der Waals surface area (Å²) in [5.74, 6) is 0.693. The molecule has 0 fully saturated rings. The zero-order valence-electron chi connectivity index (χ0n) is 12.3. The van der Waals surface area contributed by atoms with E-state index in [9.17, 15) is 5.11 Å². The summed E-state index contributed by atoms with van der Waals surface area (Å²) in [5.41, 5.74) is 0. The molecular weight excluding hydrogens is 300 g/mol. The Labute approximate surface area is 140 Å². The SMILES string of the molecule is C.C.COCCOCC(CO)OCC(O)COc1ccccc1. The monoisotopic (exact) mass is 332 g/mol. The molecule has 2 atom stereocenters. The van der Waals surface area contributed by atoms with Gasteiger partial charge < -0.3 is 29.2 Å². The van der Waals surface area contributed by atoms with Crippen LogP contribution in [0.5, 0.6) is 5.75 Å². The fraction of sp³-hybridized carbons (Fsp3) is 0.647. The van der Waals surface area contributed by atoms with Gasteiger partial charge in [-0.15, -0.1) is 0 Å². The molecule has 23 heavy (non-hydrogen) atoms. The van der Waals surface area contributed by atoms with Gasteiger partial charge in [0.25, 0.3) is 0 Å². The van der Waals surface area contributed by atoms with Crippen LogP contribution in [0, 0.1) is 0 Å². The highest BCUT2D eigenvalue weighted by atomic mass is 16.6. The quantitative estimate of drug-likeness (QED) is 0.568. The Morgan fingerprint density at radius 3 is 2.30 bits per heavy atom. The molecule has 0 saturated heterocycles. The van der Waals surface area contributed by atoms with E-state index in [1.54, 1.807) is 7.11 Å². The van der Waals surface area contributed by atoms with Crippen LogP contribution in [-0.2, 0) is 14.2 Å². The van der Waals surface area contributed by atoms with E-state index in [1.165, 1.54) is 0 Å². The van der Waals surface area contributed by atoms with Gasteiger partial charge in [0.15, 0.2) is 0 Å². The predicted molar refractivity (Wildman–Crippen MR) is 90.9 cm³/mol. The lowest BCUT2D eigenvalue weighted by molar-refractivity contribution is -0.0781. The van der Waals surface area contributed by atoms with Crippen molar-refractivity contribution in [3.05, 3.63) is 30.3 Å². The largest absolute Gasteiger partial charge is 0.491 e. The smallest absolute Gasteiger partial charge is 0.119 e. The van der Waals surface area contributed by atoms with Gasteiger partial charge in [-0.3, -0.25) is 0 Å². The summed E-state index contributed by atoms with van der Waals surface area (Å²) in [7, 11) is 1.59. The van der Waals surface area contributed by atoms with E-state index in [2.05, 4.69) is 0 Å². The Hall–Kier alpha value is -1.18. The third kappa shape index (κ3) is 12.0. The van der Waals surface area contributed by atoms with E-state index in [4.69, 9.17) is 24.1 Å². The van der Waals surface area contributed by atoms with Gasteiger partial charge in [0.05, 0.1) is 33.0 Å². The van der Waals surface area contributed by atoms with Crippen LogP contribution in [0.15, 0.2) is 30.3 Å². The topological polar surface area (TPSA) is 77.4 Å². The van der Waals surface area contributed by atoms with Crippen LogP contribution in [0.1, 0.15) is 14.9 Å². The van der Waals surface area contributed by atoms with E-state index < -0.39 is 12.2 Å². The van der Waals surface area contributed by atoms with Gasteiger partial charge in [0, 0.05) is 7.11 Å². The molecule has 1 aromatic rings. The van der Waals surface area contributed by atoms with Crippen molar-refractivity contribution in [3.63, 3.8) is 0 Å². The Morgan fingerprint density at radius 2 is 1.70 bits per heavy atom. The first-order chi connectivity index (χ1) is 10.3. The molecule has 2 N–H and O–H groups in total. The minimum absolute atomic E-state index is 0. The molecule has 1 aromatic carbocycles. The first-order valence-corrected chi connectivity index (χ1v) is 6.91. The van der Waals surface area contributed by atoms with Gasteiger partial charge in [0.1, 0.15) is 24.6 Å². The molecule has 0 aliphatic rings. The van der Waals surface area contributed by atoms with Crippen LogP contribution in [0.3, 0.4) is 0 Å². The summed E-state index contributed by atoms with van der Waals surface area (Å²) in [6, 6.07) is 9.23. The summed E-state index contributed by atoms with van der Waals surface area (Å²) in [6.45, 7) is 1.23. The highest BCUT2D eigenvalue weighted by molar-refractivity contribution is 5.20. The van der Waals surface area contributed by atoms with Crippen LogP contribution < -0.4 is 4.74 Å². The second kappa shape index (κ2) is 15.7. The third-order valence-electron chi connectivity index (χ3n) is 2.65. The van der Waals surface area contributed by atoms with Gasteiger partial charge in [-0.1, -0.05) is 33.1 Å². The van der Waals surface area contributed by atoms with Gasteiger partial charge in [-0.05, 0) is 12.1 Å². The van der Waals surface area contributed by atoms with Gasteiger partial charge in [-0.2, -0.15) is 0 Å². The first-order valence-electron chi connectivity index (χ1n) is 6.91. The number of benzene rings is 1. The molecule has 2 unspecified atom stereocenters. The molecule has 0 saturated carbocycles. The van der Waals surface area contributed by atoms with Crippen molar-refractivity contribution < 1.29 is 29.2 Å². The standard InChI is InChI=1S/C15H24O6.2CH4/c1-18-7-8-19-12-15(9-16)21-11-13(17)10-20-14-5-3-2-4-6-14;;/h2-6,13,15-17H,7-12H2,1H3;2*1H4. The van der Waals surface area contributed by atoms with Gasteiger partial charge in [-0.25, -0.2) is 0 Å². The van der Waals surface area contributed by atoms with E-state index >= 15 is 0 Å². The van der Waals surface area contributed by atoms with Crippen LogP contribution in [-0.4, -0.2) is 69.2 Å². The highest BCUT2D eigenvalue weighted by Crippen LogP contribution is 2.08. The van der Waals surface area contributed by atoms with E-state index in [1.807, 2.05) is 30.3 Å². The van der Waals surface area contributed by atoms with E-state index in [0.717, 1.165) is 0 Å². The highest BCUT2D eigenvalue weighted by Gasteiger charge is 2.12. The van der Waals surface area contributed by atoms with Crippen LogP contribution >= 0.6 is 0 Å². The molecule has 0 radical (unpaired) electrons. The maximum atomic E-state index is 9.77. The number of ether oxygens (including phenoxy) is 4. The Morgan fingerprint density at radius 1 is 1.00 bits per heavy atom. The Kier molecular flexibility index (Phi) is 16.4. The number of hydrogen-bond acceptors (Lipinski definition) is 6. The molecule has 0 aliphatic carbocycles. The number of aliphatic hydroxyl groups is 2. The summed E-state index contributed by atoms with van der Waals surface area (Å²) < 4.78 is 20.9. The number of hydrogen-bond donors (Lipinski definition) is 2. The number of methoxy groups -OCH3 is 1. The number of aliphatic hydroxyl groups excluding tert-OH is 2. The minimum atomic E-state index is -0.766. The van der Waals surface area contributed by atoms with Crippen LogP contribution in [0.4, 0.5) is 0 Å². The summed E-state index contributed by atoms with van der Waals surface area (Å²) >= 11 is 0. The van der Waals surface area contributed by atoms with Crippen molar-refractivity contribution >= 4 is 0 Å². The summed E-state index contributed by atoms with van der Waals surface area (Å²) in [6.07, 6.45) is -1.23. The maximum Gasteiger partial charge on any atom is 0.119 e. The lowest BCUT2D eigenvalue weighted by atomic mass is 10.3. The molecule has 0 bridgehead atoms. The number of para-hydroxylation sites is 1. The summed E-state index contributed by atoms with van der Waals surface area (Å²) in [4.78, 5) is 0. The van der Waals surface area contributed by atoms with Crippen molar-refractivity contribution in [1.82, 2.24) is 0 Å². The van der Waals surface area contributed by atoms with Gasteiger partial charge >= 0.3 is 0 Å². The maximum absolute atomic E-state index is 9.77. The molecule has 0 spiro atoms.